The molecular weight excluding hydrogens is 820 g/mol. The first-order valence-corrected chi connectivity index (χ1v) is 25.4. The summed E-state index contributed by atoms with van der Waals surface area (Å²) in [6, 6.07) is 52.9. The van der Waals surface area contributed by atoms with E-state index in [-0.39, 0.29) is 39.2 Å². The predicted molar refractivity (Wildman–Crippen MR) is 295 cm³/mol. The van der Waals surface area contributed by atoms with Crippen LogP contribution < -0.4 is 26.2 Å². The first-order chi connectivity index (χ1) is 31.9. The largest absolute Gasteiger partial charge is 0.311 e. The Hall–Kier alpha value is -5.80. The van der Waals surface area contributed by atoms with Crippen LogP contribution in [0.3, 0.4) is 0 Å². The first-order valence-electron chi connectivity index (χ1n) is 25.4. The van der Waals surface area contributed by atoms with Crippen LogP contribution in [0.5, 0.6) is 0 Å². The highest BCUT2D eigenvalue weighted by Crippen LogP contribution is 2.54. The molecule has 0 saturated heterocycles. The number of benzene rings is 7. The molecule has 2 aliphatic carbocycles. The molecule has 0 unspecified atom stereocenters. The van der Waals surface area contributed by atoms with Gasteiger partial charge in [-0.05, 0) is 166 Å². The highest BCUT2D eigenvalue weighted by Gasteiger charge is 2.46. The van der Waals surface area contributed by atoms with Crippen molar-refractivity contribution in [3.05, 3.63) is 172 Å². The van der Waals surface area contributed by atoms with Crippen LogP contribution in [0, 0.1) is 0 Å². The average Bonchev–Trinajstić information content (AvgIpc) is 3.52. The van der Waals surface area contributed by atoms with Crippen LogP contribution in [-0.2, 0) is 32.5 Å². The first kappa shape index (κ1) is 44.7. The van der Waals surface area contributed by atoms with Crippen LogP contribution in [-0.4, -0.2) is 6.71 Å². The summed E-state index contributed by atoms with van der Waals surface area (Å²) in [6.07, 6.45) is 2.38. The fourth-order valence-corrected chi connectivity index (χ4v) is 12.4. The molecular formula is C65H71BN2. The van der Waals surface area contributed by atoms with Crippen LogP contribution in [0.4, 0.5) is 34.1 Å². The fraction of sp³-hybridized carbons (Fsp3) is 0.354. The van der Waals surface area contributed by atoms with Gasteiger partial charge in [-0.3, -0.25) is 0 Å². The van der Waals surface area contributed by atoms with Crippen molar-refractivity contribution in [1.82, 2.24) is 0 Å². The van der Waals surface area contributed by atoms with Crippen LogP contribution in [0.25, 0.3) is 22.3 Å². The summed E-state index contributed by atoms with van der Waals surface area (Å²) in [5, 5.41) is 0. The van der Waals surface area contributed by atoms with Gasteiger partial charge in [0.15, 0.2) is 0 Å². The third-order valence-corrected chi connectivity index (χ3v) is 16.8. The summed E-state index contributed by atoms with van der Waals surface area (Å²) in [5.74, 6) is 0. The summed E-state index contributed by atoms with van der Waals surface area (Å²) in [5.41, 5.74) is 26.8. The van der Waals surface area contributed by atoms with Gasteiger partial charge in [0.05, 0.1) is 0 Å². The molecule has 0 N–H and O–H groups in total. The van der Waals surface area contributed by atoms with E-state index in [2.05, 4.69) is 247 Å². The SMILES string of the molecule is CC(C)(C)c1ccc2c(c1)N(c1ccc(-c3cccc4c3-c3ccccc3C4(C)C)cc1)c1cc(C(C)(C)C)cc3c1B2c1ccc(C(C)(C)C)cc1N3c1ccc2c(c1)C(C)(C)CCC2(C)C. The lowest BCUT2D eigenvalue weighted by atomic mass is 9.33. The Balaban J connectivity index is 1.18. The van der Waals surface area contributed by atoms with Crippen molar-refractivity contribution in [3.63, 3.8) is 0 Å². The Morgan fingerprint density at radius 3 is 1.47 bits per heavy atom. The van der Waals surface area contributed by atoms with Gasteiger partial charge in [-0.1, -0.05) is 189 Å². The van der Waals surface area contributed by atoms with Gasteiger partial charge in [0.1, 0.15) is 0 Å². The molecule has 7 aromatic rings. The van der Waals surface area contributed by atoms with Crippen molar-refractivity contribution in [1.29, 1.82) is 0 Å². The van der Waals surface area contributed by atoms with Crippen LogP contribution in [0.1, 0.15) is 156 Å². The smallest absolute Gasteiger partial charge is 0.252 e. The van der Waals surface area contributed by atoms with E-state index in [1.807, 2.05) is 0 Å². The van der Waals surface area contributed by atoms with Crippen molar-refractivity contribution < 1.29 is 0 Å². The Bertz CT molecular complexity index is 3210. The van der Waals surface area contributed by atoms with Crippen molar-refractivity contribution in [2.24, 2.45) is 0 Å². The summed E-state index contributed by atoms with van der Waals surface area (Å²) in [7, 11) is 0. The molecule has 0 atom stereocenters. The Kier molecular flexibility index (Phi) is 9.61. The summed E-state index contributed by atoms with van der Waals surface area (Å²) in [4.78, 5) is 5.29. The lowest BCUT2D eigenvalue weighted by Gasteiger charge is -2.46. The predicted octanol–water partition coefficient (Wildman–Crippen LogP) is 16.0. The monoisotopic (exact) mass is 891 g/mol. The third-order valence-electron chi connectivity index (χ3n) is 16.8. The lowest BCUT2D eigenvalue weighted by Crippen LogP contribution is -2.61. The molecule has 0 fully saturated rings. The zero-order chi connectivity index (χ0) is 48.2. The summed E-state index contributed by atoms with van der Waals surface area (Å²) in [6.45, 7) is 35.9. The maximum Gasteiger partial charge on any atom is 0.252 e. The van der Waals surface area contributed by atoms with E-state index in [9.17, 15) is 0 Å². The van der Waals surface area contributed by atoms with Gasteiger partial charge in [0.2, 0.25) is 0 Å². The molecule has 11 rings (SSSR count). The molecule has 2 nitrogen and oxygen atoms in total. The van der Waals surface area contributed by atoms with E-state index in [0.29, 0.717) is 0 Å². The molecule has 4 aliphatic rings. The van der Waals surface area contributed by atoms with Gasteiger partial charge in [0.25, 0.3) is 6.71 Å². The van der Waals surface area contributed by atoms with E-state index in [1.165, 1.54) is 125 Å². The molecule has 0 amide bonds. The fourth-order valence-electron chi connectivity index (χ4n) is 12.4. The van der Waals surface area contributed by atoms with Crippen molar-refractivity contribution >= 4 is 57.2 Å². The molecule has 0 radical (unpaired) electrons. The topological polar surface area (TPSA) is 6.48 Å². The minimum Gasteiger partial charge on any atom is -0.311 e. The highest BCUT2D eigenvalue weighted by molar-refractivity contribution is 7.00. The van der Waals surface area contributed by atoms with Gasteiger partial charge < -0.3 is 9.80 Å². The highest BCUT2D eigenvalue weighted by atomic mass is 15.2. The quantitative estimate of drug-likeness (QED) is 0.163. The minimum atomic E-state index is -0.108. The van der Waals surface area contributed by atoms with Gasteiger partial charge in [-0.2, -0.15) is 0 Å². The Labute approximate surface area is 408 Å². The molecule has 2 aliphatic heterocycles. The second-order valence-corrected chi connectivity index (χ2v) is 25.8. The van der Waals surface area contributed by atoms with Gasteiger partial charge >= 0.3 is 0 Å². The average molecular weight is 891 g/mol. The Morgan fingerprint density at radius 2 is 0.897 bits per heavy atom. The van der Waals surface area contributed by atoms with E-state index < -0.39 is 0 Å². The minimum absolute atomic E-state index is 0.0181. The van der Waals surface area contributed by atoms with Crippen molar-refractivity contribution in [3.8, 4) is 22.3 Å². The molecule has 68 heavy (non-hydrogen) atoms. The van der Waals surface area contributed by atoms with Gasteiger partial charge in [-0.15, -0.1) is 0 Å². The van der Waals surface area contributed by atoms with E-state index >= 15 is 0 Å². The lowest BCUT2D eigenvalue weighted by molar-refractivity contribution is 0.332. The van der Waals surface area contributed by atoms with E-state index in [4.69, 9.17) is 0 Å². The molecule has 3 heteroatoms. The van der Waals surface area contributed by atoms with Crippen LogP contribution in [0.2, 0.25) is 0 Å². The number of hydrogen-bond acceptors (Lipinski definition) is 2. The molecule has 0 spiro atoms. The summed E-state index contributed by atoms with van der Waals surface area (Å²) < 4.78 is 0. The van der Waals surface area contributed by atoms with Crippen molar-refractivity contribution in [2.45, 2.75) is 149 Å². The molecule has 344 valence electrons. The number of hydrogen-bond donors (Lipinski definition) is 0. The number of fused-ring (bicyclic) bond motifs is 8. The normalized spacial score (nSPS) is 17.2. The van der Waals surface area contributed by atoms with Crippen LogP contribution >= 0.6 is 0 Å². The molecule has 0 bridgehead atoms. The standard InChI is InChI=1S/C65H71BN2/c1-60(2,3)41-25-31-52-54(35-41)67(44-27-23-40(24-28-44)46-20-18-22-50-58(46)47-19-16-17-21-48(47)65(50,14)15)56-37-43(62(7,8)9)38-57-59(56)66(52)53-32-26-42(61(4,5)6)36-55(53)68(57)45-29-30-49-51(39-45)64(12,13)34-33-63(49,10)11/h16-32,35-39H,33-34H2,1-15H3. The molecule has 0 aromatic heterocycles. The maximum atomic E-state index is 2.66. The van der Waals surface area contributed by atoms with E-state index in [0.717, 1.165) is 0 Å². The maximum absolute atomic E-state index is 2.66. The summed E-state index contributed by atoms with van der Waals surface area (Å²) >= 11 is 0. The zero-order valence-electron chi connectivity index (χ0n) is 43.6. The second kappa shape index (κ2) is 14.6. The molecule has 2 heterocycles. The third kappa shape index (κ3) is 6.72. The number of nitrogens with zero attached hydrogens (tertiary/aromatic N) is 2. The number of anilines is 6. The molecule has 0 saturated carbocycles. The zero-order valence-corrected chi connectivity index (χ0v) is 43.6. The van der Waals surface area contributed by atoms with Crippen molar-refractivity contribution in [2.75, 3.05) is 9.80 Å². The Morgan fingerprint density at radius 1 is 0.412 bits per heavy atom. The second-order valence-electron chi connectivity index (χ2n) is 25.8. The molecule has 7 aromatic carbocycles. The van der Waals surface area contributed by atoms with Crippen LogP contribution in [0.15, 0.2) is 133 Å². The number of rotatable bonds is 3. The van der Waals surface area contributed by atoms with E-state index in [1.54, 1.807) is 0 Å². The van der Waals surface area contributed by atoms with Gasteiger partial charge in [-0.25, -0.2) is 0 Å². The van der Waals surface area contributed by atoms with Gasteiger partial charge in [0, 0.05) is 39.5 Å².